The van der Waals surface area contributed by atoms with Crippen LogP contribution in [0.15, 0.2) is 48.5 Å². The first-order chi connectivity index (χ1) is 14.1. The smallest absolute Gasteiger partial charge is 0.282 e. The van der Waals surface area contributed by atoms with E-state index in [2.05, 4.69) is 5.32 Å². The lowest BCUT2D eigenvalue weighted by atomic mass is 10.2. The summed E-state index contributed by atoms with van der Waals surface area (Å²) in [6.07, 6.45) is 0. The van der Waals surface area contributed by atoms with Crippen molar-refractivity contribution in [3.63, 3.8) is 0 Å². The van der Waals surface area contributed by atoms with Crippen molar-refractivity contribution >= 4 is 23.2 Å². The van der Waals surface area contributed by atoms with Gasteiger partial charge in [-0.3, -0.25) is 4.79 Å². The SMILES string of the molecule is COc1ccccc1NC(=O)[C@H](C)[NH+]1CC[NH+](CCOc2ccc(Cl)cc2)CC1. The number of hydrogen-bond donors (Lipinski definition) is 3. The summed E-state index contributed by atoms with van der Waals surface area (Å²) >= 11 is 5.89. The van der Waals surface area contributed by atoms with E-state index in [9.17, 15) is 4.79 Å². The van der Waals surface area contributed by atoms with Crippen LogP contribution in [-0.4, -0.2) is 58.4 Å². The van der Waals surface area contributed by atoms with Gasteiger partial charge in [-0.2, -0.15) is 0 Å². The Morgan fingerprint density at radius 2 is 1.79 bits per heavy atom. The zero-order valence-corrected chi connectivity index (χ0v) is 17.8. The molecular weight excluding hydrogens is 390 g/mol. The van der Waals surface area contributed by atoms with Crippen LogP contribution in [-0.2, 0) is 4.79 Å². The minimum Gasteiger partial charge on any atom is -0.495 e. The number of methoxy groups -OCH3 is 1. The van der Waals surface area contributed by atoms with Gasteiger partial charge < -0.3 is 24.6 Å². The van der Waals surface area contributed by atoms with Crippen LogP contribution in [0.2, 0.25) is 5.02 Å². The molecule has 2 aromatic carbocycles. The fourth-order valence-electron chi connectivity index (χ4n) is 3.63. The van der Waals surface area contributed by atoms with Crippen molar-refractivity contribution in [2.75, 3.05) is 51.8 Å². The number of benzene rings is 2. The third kappa shape index (κ3) is 6.10. The molecule has 0 unspecified atom stereocenters. The largest absolute Gasteiger partial charge is 0.495 e. The number of nitrogens with one attached hydrogen (secondary N) is 3. The van der Waals surface area contributed by atoms with E-state index in [-0.39, 0.29) is 11.9 Å². The van der Waals surface area contributed by atoms with E-state index in [1.165, 1.54) is 9.80 Å². The summed E-state index contributed by atoms with van der Waals surface area (Å²) in [7, 11) is 1.61. The normalized spacial score (nSPS) is 20.0. The van der Waals surface area contributed by atoms with E-state index in [4.69, 9.17) is 21.1 Å². The zero-order chi connectivity index (χ0) is 20.6. The van der Waals surface area contributed by atoms with Crippen molar-refractivity contribution in [1.82, 2.24) is 0 Å². The maximum absolute atomic E-state index is 12.7. The number of carbonyl (C=O) groups excluding carboxylic acids is 1. The summed E-state index contributed by atoms with van der Waals surface area (Å²) in [4.78, 5) is 15.5. The first kappa shape index (κ1) is 21.4. The molecule has 3 rings (SSSR count). The van der Waals surface area contributed by atoms with Crippen LogP contribution in [0.1, 0.15) is 6.92 Å². The highest BCUT2D eigenvalue weighted by atomic mass is 35.5. The number of halogens is 1. The van der Waals surface area contributed by atoms with Crippen LogP contribution >= 0.6 is 11.6 Å². The number of anilines is 1. The van der Waals surface area contributed by atoms with Gasteiger partial charge in [0.15, 0.2) is 6.04 Å². The molecule has 0 saturated carbocycles. The lowest BCUT2D eigenvalue weighted by Gasteiger charge is -2.32. The molecule has 156 valence electrons. The first-order valence-corrected chi connectivity index (χ1v) is 10.4. The molecule has 3 N–H and O–H groups in total. The Hall–Kier alpha value is -2.28. The van der Waals surface area contributed by atoms with Crippen LogP contribution in [0.5, 0.6) is 11.5 Å². The van der Waals surface area contributed by atoms with Gasteiger partial charge in [0.2, 0.25) is 0 Å². The second-order valence-corrected chi connectivity index (χ2v) is 7.81. The fourth-order valence-corrected chi connectivity index (χ4v) is 3.75. The summed E-state index contributed by atoms with van der Waals surface area (Å²) in [6.45, 7) is 7.63. The van der Waals surface area contributed by atoms with Crippen LogP contribution in [0.4, 0.5) is 5.69 Å². The van der Waals surface area contributed by atoms with E-state index in [0.717, 1.165) is 44.2 Å². The number of piperazine rings is 1. The molecule has 0 aromatic heterocycles. The van der Waals surface area contributed by atoms with Gasteiger partial charge in [-0.1, -0.05) is 23.7 Å². The van der Waals surface area contributed by atoms with Gasteiger partial charge >= 0.3 is 0 Å². The molecule has 0 radical (unpaired) electrons. The number of carbonyl (C=O) groups is 1. The monoisotopic (exact) mass is 419 g/mol. The van der Waals surface area contributed by atoms with Gasteiger partial charge in [-0.15, -0.1) is 0 Å². The summed E-state index contributed by atoms with van der Waals surface area (Å²) in [5, 5.41) is 3.72. The van der Waals surface area contributed by atoms with E-state index < -0.39 is 0 Å². The van der Waals surface area contributed by atoms with Crippen LogP contribution in [0.25, 0.3) is 0 Å². The third-order valence-corrected chi connectivity index (χ3v) is 5.76. The second kappa shape index (κ2) is 10.5. The molecule has 1 saturated heterocycles. The van der Waals surface area contributed by atoms with Crippen molar-refractivity contribution in [2.45, 2.75) is 13.0 Å². The molecule has 2 aromatic rings. The molecule has 0 aliphatic carbocycles. The van der Waals surface area contributed by atoms with Gasteiger partial charge in [0.25, 0.3) is 5.91 Å². The summed E-state index contributed by atoms with van der Waals surface area (Å²) < 4.78 is 11.1. The molecule has 0 spiro atoms. The molecule has 0 bridgehead atoms. The highest BCUT2D eigenvalue weighted by Gasteiger charge is 2.31. The topological polar surface area (TPSA) is 56.4 Å². The minimum atomic E-state index is -0.105. The first-order valence-electron chi connectivity index (χ1n) is 10.1. The van der Waals surface area contributed by atoms with Crippen LogP contribution in [0.3, 0.4) is 0 Å². The number of amides is 1. The van der Waals surface area contributed by atoms with E-state index in [1.54, 1.807) is 7.11 Å². The molecule has 1 aliphatic heterocycles. The lowest BCUT2D eigenvalue weighted by molar-refractivity contribution is -1.02. The van der Waals surface area contributed by atoms with Crippen LogP contribution < -0.4 is 24.6 Å². The maximum atomic E-state index is 12.7. The van der Waals surface area contributed by atoms with Gasteiger partial charge in [0, 0.05) is 5.02 Å². The van der Waals surface area contributed by atoms with E-state index >= 15 is 0 Å². The Bertz CT molecular complexity index is 792. The Labute approximate surface area is 177 Å². The quantitative estimate of drug-likeness (QED) is 0.585. The second-order valence-electron chi connectivity index (χ2n) is 7.37. The molecule has 1 aliphatic rings. The molecule has 6 nitrogen and oxygen atoms in total. The number of ether oxygens (including phenoxy) is 2. The molecule has 29 heavy (non-hydrogen) atoms. The lowest BCUT2D eigenvalue weighted by Crippen LogP contribution is -3.30. The van der Waals surface area contributed by atoms with Gasteiger partial charge in [-0.25, -0.2) is 0 Å². The highest BCUT2D eigenvalue weighted by molar-refractivity contribution is 6.30. The standard InChI is InChI=1S/C22H28ClN3O3/c1-17(22(27)24-20-5-3-4-6-21(20)28-2)26-13-11-25(12-14-26)15-16-29-19-9-7-18(23)8-10-19/h3-10,17H,11-16H2,1-2H3,(H,24,27)/p+2/t17-/m0/s1. The van der Waals surface area contributed by atoms with Crippen molar-refractivity contribution < 1.29 is 24.1 Å². The van der Waals surface area contributed by atoms with E-state index in [0.29, 0.717) is 17.4 Å². The summed E-state index contributed by atoms with van der Waals surface area (Å²) in [5.74, 6) is 1.55. The molecule has 1 amide bonds. The Balaban J connectivity index is 1.41. The molecule has 1 atom stereocenters. The maximum Gasteiger partial charge on any atom is 0.282 e. The minimum absolute atomic E-state index is 0.0269. The summed E-state index contributed by atoms with van der Waals surface area (Å²) in [5.41, 5.74) is 0.717. The van der Waals surface area contributed by atoms with Crippen molar-refractivity contribution in [3.05, 3.63) is 53.6 Å². The number of hydrogen-bond acceptors (Lipinski definition) is 3. The average Bonchev–Trinajstić information content (AvgIpc) is 2.75. The molecule has 1 fully saturated rings. The Morgan fingerprint density at radius 3 is 2.48 bits per heavy atom. The third-order valence-electron chi connectivity index (χ3n) is 5.51. The van der Waals surface area contributed by atoms with Gasteiger partial charge in [-0.05, 0) is 43.3 Å². The number of para-hydroxylation sites is 2. The van der Waals surface area contributed by atoms with E-state index in [1.807, 2.05) is 55.5 Å². The summed E-state index contributed by atoms with van der Waals surface area (Å²) in [6, 6.07) is 14.8. The number of rotatable bonds is 8. The predicted octanol–water partition coefficient (Wildman–Crippen LogP) is 0.538. The molecular formula is C22H30ClN3O3+2. The fraction of sp³-hybridized carbons (Fsp3) is 0.409. The van der Waals surface area contributed by atoms with Gasteiger partial charge in [0.05, 0.1) is 12.8 Å². The van der Waals surface area contributed by atoms with Crippen molar-refractivity contribution in [1.29, 1.82) is 0 Å². The highest BCUT2D eigenvalue weighted by Crippen LogP contribution is 2.22. The zero-order valence-electron chi connectivity index (χ0n) is 17.0. The number of quaternary nitrogens is 2. The average molecular weight is 420 g/mol. The van der Waals surface area contributed by atoms with Gasteiger partial charge in [0.1, 0.15) is 50.8 Å². The molecule has 7 heteroatoms. The van der Waals surface area contributed by atoms with Crippen molar-refractivity contribution in [3.8, 4) is 11.5 Å². The predicted molar refractivity (Wildman–Crippen MR) is 114 cm³/mol. The van der Waals surface area contributed by atoms with Crippen molar-refractivity contribution in [2.24, 2.45) is 0 Å². The molecule has 1 heterocycles. The Morgan fingerprint density at radius 1 is 1.10 bits per heavy atom. The Kier molecular flexibility index (Phi) is 7.75. The van der Waals surface area contributed by atoms with Crippen LogP contribution in [0, 0.1) is 0 Å².